The summed E-state index contributed by atoms with van der Waals surface area (Å²) < 4.78 is 0. The maximum atomic E-state index is 3.98. The van der Waals surface area contributed by atoms with E-state index in [1.165, 1.54) is 11.1 Å². The normalized spacial score (nSPS) is 23.6. The molecule has 2 aliphatic heterocycles. The van der Waals surface area contributed by atoms with Crippen LogP contribution < -0.4 is 0 Å². The monoisotopic (exact) mass is 242 g/mol. The Hall–Kier alpha value is -1.70. The summed E-state index contributed by atoms with van der Waals surface area (Å²) in [6, 6.07) is 0.982. The highest BCUT2D eigenvalue weighted by Gasteiger charge is 2.17. The summed E-state index contributed by atoms with van der Waals surface area (Å²) in [6.45, 7) is 10.7. The van der Waals surface area contributed by atoms with Gasteiger partial charge in [0.1, 0.15) is 0 Å². The van der Waals surface area contributed by atoms with E-state index in [9.17, 15) is 0 Å². The Morgan fingerprint density at radius 1 is 1.11 bits per heavy atom. The number of hydrogen-bond donors (Lipinski definition) is 0. The molecule has 0 radical (unpaired) electrons. The zero-order valence-corrected chi connectivity index (χ0v) is 11.7. The summed E-state index contributed by atoms with van der Waals surface area (Å²) in [7, 11) is 2.03. The first kappa shape index (κ1) is 12.7. The Bertz CT molecular complexity index is 463. The van der Waals surface area contributed by atoms with Crippen LogP contribution in [0.15, 0.2) is 60.1 Å². The molecule has 96 valence electrons. The smallest absolute Gasteiger partial charge is 0.0445 e. The van der Waals surface area contributed by atoms with Crippen molar-refractivity contribution >= 4 is 0 Å². The molecule has 0 aromatic carbocycles. The van der Waals surface area contributed by atoms with Crippen LogP contribution in [0, 0.1) is 0 Å². The third kappa shape index (κ3) is 2.42. The van der Waals surface area contributed by atoms with E-state index in [4.69, 9.17) is 0 Å². The van der Waals surface area contributed by atoms with E-state index in [1.807, 2.05) is 7.05 Å². The molecule has 2 nitrogen and oxygen atoms in total. The molecule has 0 bridgehead atoms. The Labute approximate surface area is 110 Å². The molecular weight excluding hydrogens is 220 g/mol. The molecule has 0 amide bonds. The lowest BCUT2D eigenvalue weighted by Crippen LogP contribution is -2.34. The molecule has 2 heteroatoms. The fraction of sp³-hybridized carbons (Fsp3) is 0.375. The fourth-order valence-electron chi connectivity index (χ4n) is 2.26. The molecule has 0 saturated heterocycles. The van der Waals surface area contributed by atoms with E-state index < -0.39 is 0 Å². The first-order chi connectivity index (χ1) is 8.49. The average Bonchev–Trinajstić information content (AvgIpc) is 2.33. The molecule has 1 unspecified atom stereocenters. The third-order valence-electron chi connectivity index (χ3n) is 3.48. The predicted molar refractivity (Wildman–Crippen MR) is 77.8 cm³/mol. The highest BCUT2D eigenvalue weighted by molar-refractivity contribution is 5.51. The molecule has 0 spiro atoms. The van der Waals surface area contributed by atoms with Crippen LogP contribution in [0.4, 0.5) is 0 Å². The van der Waals surface area contributed by atoms with Gasteiger partial charge in [-0.05, 0) is 38.0 Å². The number of hydrogen-bond acceptors (Lipinski definition) is 2. The van der Waals surface area contributed by atoms with Crippen LogP contribution in [0.5, 0.6) is 0 Å². The second-order valence-corrected chi connectivity index (χ2v) is 5.25. The lowest BCUT2D eigenvalue weighted by Gasteiger charge is -2.34. The van der Waals surface area contributed by atoms with Crippen LogP contribution in [0.1, 0.15) is 20.8 Å². The van der Waals surface area contributed by atoms with Gasteiger partial charge in [0.15, 0.2) is 0 Å². The van der Waals surface area contributed by atoms with E-state index in [-0.39, 0.29) is 0 Å². The lowest BCUT2D eigenvalue weighted by atomic mass is 10.00. The number of likely N-dealkylation sites (N-methyl/N-ethyl adjacent to an activating group) is 1. The van der Waals surface area contributed by atoms with Crippen LogP contribution in [0.25, 0.3) is 0 Å². The molecule has 0 aromatic heterocycles. The molecule has 18 heavy (non-hydrogen) atoms. The van der Waals surface area contributed by atoms with E-state index >= 15 is 0 Å². The van der Waals surface area contributed by atoms with Gasteiger partial charge in [-0.3, -0.25) is 0 Å². The van der Waals surface area contributed by atoms with Gasteiger partial charge in [-0.1, -0.05) is 24.8 Å². The van der Waals surface area contributed by atoms with Crippen molar-refractivity contribution in [3.8, 4) is 0 Å². The van der Waals surface area contributed by atoms with Crippen LogP contribution in [0.2, 0.25) is 0 Å². The highest BCUT2D eigenvalue weighted by atomic mass is 15.2. The van der Waals surface area contributed by atoms with Gasteiger partial charge < -0.3 is 9.80 Å². The predicted octanol–water partition coefficient (Wildman–Crippen LogP) is 3.44. The molecule has 0 N–H and O–H groups in total. The molecule has 0 fully saturated rings. The largest absolute Gasteiger partial charge is 0.368 e. The molecule has 2 aliphatic rings. The van der Waals surface area contributed by atoms with E-state index in [1.54, 1.807) is 0 Å². The summed E-state index contributed by atoms with van der Waals surface area (Å²) in [4.78, 5) is 4.44. The minimum absolute atomic E-state index is 0.467. The topological polar surface area (TPSA) is 6.48 Å². The summed E-state index contributed by atoms with van der Waals surface area (Å²) in [6.07, 6.45) is 13.0. The molecule has 2 rings (SSSR count). The standard InChI is InChI=1S/C16H22N2/c1-12(2)18-11-16(9-7-14(18)4)15-8-6-13(3)17(5)10-15/h6-12,14H,3H2,1-2,4-5H3. The van der Waals surface area contributed by atoms with Crippen molar-refractivity contribution in [2.24, 2.45) is 0 Å². The maximum Gasteiger partial charge on any atom is 0.0445 e. The van der Waals surface area contributed by atoms with Crippen LogP contribution in [-0.2, 0) is 0 Å². The van der Waals surface area contributed by atoms with Gasteiger partial charge in [-0.2, -0.15) is 0 Å². The van der Waals surface area contributed by atoms with Crippen molar-refractivity contribution < 1.29 is 0 Å². The van der Waals surface area contributed by atoms with Crippen LogP contribution in [-0.4, -0.2) is 28.9 Å². The van der Waals surface area contributed by atoms with E-state index in [2.05, 4.69) is 73.9 Å². The van der Waals surface area contributed by atoms with Gasteiger partial charge in [0, 0.05) is 37.2 Å². The number of nitrogens with zero attached hydrogens (tertiary/aromatic N) is 2. The molecule has 0 aromatic rings. The molecule has 2 heterocycles. The molecule has 0 aliphatic carbocycles. The Balaban J connectivity index is 2.27. The Morgan fingerprint density at radius 3 is 2.39 bits per heavy atom. The zero-order valence-electron chi connectivity index (χ0n) is 11.7. The maximum absolute atomic E-state index is 3.98. The number of rotatable bonds is 2. The van der Waals surface area contributed by atoms with Gasteiger partial charge in [-0.25, -0.2) is 0 Å². The fourth-order valence-corrected chi connectivity index (χ4v) is 2.26. The van der Waals surface area contributed by atoms with E-state index in [0.29, 0.717) is 12.1 Å². The van der Waals surface area contributed by atoms with Crippen molar-refractivity contribution in [1.29, 1.82) is 0 Å². The summed E-state index contributed by atoms with van der Waals surface area (Å²) in [5.74, 6) is 0. The Kier molecular flexibility index (Phi) is 3.46. The van der Waals surface area contributed by atoms with Gasteiger partial charge in [0.2, 0.25) is 0 Å². The quantitative estimate of drug-likeness (QED) is 0.732. The van der Waals surface area contributed by atoms with Crippen LogP contribution >= 0.6 is 0 Å². The second kappa shape index (κ2) is 4.89. The van der Waals surface area contributed by atoms with Crippen molar-refractivity contribution in [2.75, 3.05) is 7.05 Å². The van der Waals surface area contributed by atoms with Gasteiger partial charge in [-0.15, -0.1) is 0 Å². The van der Waals surface area contributed by atoms with Gasteiger partial charge in [0.05, 0.1) is 0 Å². The number of allylic oxidation sites excluding steroid dienone is 5. The first-order valence-corrected chi connectivity index (χ1v) is 6.48. The minimum atomic E-state index is 0.467. The summed E-state index contributed by atoms with van der Waals surface area (Å²) >= 11 is 0. The second-order valence-electron chi connectivity index (χ2n) is 5.25. The zero-order chi connectivity index (χ0) is 13.3. The Morgan fingerprint density at radius 2 is 1.78 bits per heavy atom. The van der Waals surface area contributed by atoms with Crippen molar-refractivity contribution in [1.82, 2.24) is 9.80 Å². The SMILES string of the molecule is C=C1C=CC(C2=CN(C(C)C)C(C)C=C2)=CN1C. The minimum Gasteiger partial charge on any atom is -0.368 e. The first-order valence-electron chi connectivity index (χ1n) is 6.48. The van der Waals surface area contributed by atoms with Gasteiger partial charge in [0.25, 0.3) is 0 Å². The van der Waals surface area contributed by atoms with Crippen molar-refractivity contribution in [2.45, 2.75) is 32.9 Å². The summed E-state index contributed by atoms with van der Waals surface area (Å²) in [5.41, 5.74) is 3.52. The molecule has 0 saturated carbocycles. The lowest BCUT2D eigenvalue weighted by molar-refractivity contribution is 0.272. The summed E-state index contributed by atoms with van der Waals surface area (Å²) in [5, 5.41) is 0. The van der Waals surface area contributed by atoms with Crippen LogP contribution in [0.3, 0.4) is 0 Å². The molecule has 1 atom stereocenters. The van der Waals surface area contributed by atoms with E-state index in [0.717, 1.165) is 5.70 Å². The van der Waals surface area contributed by atoms with Gasteiger partial charge >= 0.3 is 0 Å². The third-order valence-corrected chi connectivity index (χ3v) is 3.48. The highest BCUT2D eigenvalue weighted by Crippen LogP contribution is 2.25. The van der Waals surface area contributed by atoms with Crippen molar-refractivity contribution in [3.63, 3.8) is 0 Å². The average molecular weight is 242 g/mol. The van der Waals surface area contributed by atoms with Crippen molar-refractivity contribution in [3.05, 3.63) is 60.1 Å². The molecular formula is C16H22N2.